The Hall–Kier alpha value is -0.570. The van der Waals surface area contributed by atoms with Crippen molar-refractivity contribution in [3.8, 4) is 0 Å². The zero-order valence-electron chi connectivity index (χ0n) is 11.2. The van der Waals surface area contributed by atoms with Crippen LogP contribution in [-0.2, 0) is 4.79 Å². The lowest BCUT2D eigenvalue weighted by Crippen LogP contribution is -2.54. The lowest BCUT2D eigenvalue weighted by atomic mass is 9.82. The molecule has 1 amide bonds. The van der Waals surface area contributed by atoms with Crippen molar-refractivity contribution >= 4 is 5.91 Å². The third-order valence-electron chi connectivity index (χ3n) is 4.80. The molecule has 2 atom stereocenters. The van der Waals surface area contributed by atoms with Crippen molar-refractivity contribution in [3.05, 3.63) is 0 Å². The van der Waals surface area contributed by atoms with Gasteiger partial charge in [0.2, 0.25) is 5.91 Å². The lowest BCUT2D eigenvalue weighted by Gasteiger charge is -2.34. The Morgan fingerprint density at radius 1 is 1.35 bits per heavy atom. The number of carbonyl (C=O) groups is 1. The molecule has 3 nitrogen and oxygen atoms in total. The molecule has 1 saturated heterocycles. The van der Waals surface area contributed by atoms with E-state index in [1.807, 2.05) is 0 Å². The first-order valence-corrected chi connectivity index (χ1v) is 7.22. The van der Waals surface area contributed by atoms with E-state index in [1.165, 1.54) is 19.3 Å². The highest BCUT2D eigenvalue weighted by molar-refractivity contribution is 5.83. The van der Waals surface area contributed by atoms with Gasteiger partial charge in [0.05, 0.1) is 0 Å². The number of carbonyl (C=O) groups excluding carboxylic acids is 1. The largest absolute Gasteiger partial charge is 0.351 e. The van der Waals surface area contributed by atoms with Crippen LogP contribution in [0, 0.1) is 5.41 Å². The topological polar surface area (TPSA) is 41.1 Å². The van der Waals surface area contributed by atoms with E-state index < -0.39 is 0 Å². The maximum Gasteiger partial charge on any atom is 0.226 e. The Morgan fingerprint density at radius 2 is 2.06 bits per heavy atom. The third-order valence-corrected chi connectivity index (χ3v) is 4.80. The summed E-state index contributed by atoms with van der Waals surface area (Å²) in [6.07, 6.45) is 7.91. The quantitative estimate of drug-likeness (QED) is 0.791. The zero-order valence-corrected chi connectivity index (χ0v) is 11.2. The summed E-state index contributed by atoms with van der Waals surface area (Å²) in [5.74, 6) is 0.318. The number of hydrogen-bond acceptors (Lipinski definition) is 2. The summed E-state index contributed by atoms with van der Waals surface area (Å²) in [7, 11) is 0. The molecule has 1 aliphatic carbocycles. The van der Waals surface area contributed by atoms with E-state index in [9.17, 15) is 4.79 Å². The Bertz CT molecular complexity index is 271. The van der Waals surface area contributed by atoms with Crippen molar-refractivity contribution in [3.63, 3.8) is 0 Å². The Kier molecular flexibility index (Phi) is 4.08. The van der Waals surface area contributed by atoms with Crippen LogP contribution in [0.1, 0.15) is 58.8 Å². The van der Waals surface area contributed by atoms with Crippen LogP contribution < -0.4 is 10.6 Å². The van der Waals surface area contributed by atoms with Crippen LogP contribution in [-0.4, -0.2) is 24.5 Å². The molecule has 17 heavy (non-hydrogen) atoms. The van der Waals surface area contributed by atoms with Crippen LogP contribution in [0.2, 0.25) is 0 Å². The summed E-state index contributed by atoms with van der Waals surface area (Å²) >= 11 is 0. The molecule has 0 bridgehead atoms. The van der Waals surface area contributed by atoms with Gasteiger partial charge < -0.3 is 10.6 Å². The maximum absolute atomic E-state index is 12.5. The molecule has 0 spiro atoms. The zero-order chi connectivity index (χ0) is 12.3. The van der Waals surface area contributed by atoms with Gasteiger partial charge >= 0.3 is 0 Å². The van der Waals surface area contributed by atoms with E-state index >= 15 is 0 Å². The van der Waals surface area contributed by atoms with E-state index in [0.717, 1.165) is 32.2 Å². The number of nitrogens with one attached hydrogen (secondary N) is 2. The fourth-order valence-corrected chi connectivity index (χ4v) is 3.36. The molecule has 2 unspecified atom stereocenters. The fourth-order valence-electron chi connectivity index (χ4n) is 3.36. The number of amides is 1. The van der Waals surface area contributed by atoms with Crippen molar-refractivity contribution in [1.82, 2.24) is 10.6 Å². The molecular formula is C14H26N2O. The first-order valence-electron chi connectivity index (χ1n) is 7.22. The minimum atomic E-state index is -0.0445. The summed E-state index contributed by atoms with van der Waals surface area (Å²) in [5.41, 5.74) is -0.0445. The normalized spacial score (nSPS) is 32.4. The summed E-state index contributed by atoms with van der Waals surface area (Å²) in [5, 5.41) is 6.74. The van der Waals surface area contributed by atoms with Gasteiger partial charge in [-0.05, 0) is 45.6 Å². The van der Waals surface area contributed by atoms with Gasteiger partial charge in [-0.15, -0.1) is 0 Å². The average Bonchev–Trinajstić information content (AvgIpc) is 2.82. The summed E-state index contributed by atoms with van der Waals surface area (Å²) in [4.78, 5) is 12.5. The lowest BCUT2D eigenvalue weighted by molar-refractivity contribution is -0.132. The minimum Gasteiger partial charge on any atom is -0.351 e. The third kappa shape index (κ3) is 2.65. The monoisotopic (exact) mass is 238 g/mol. The molecule has 0 aromatic heterocycles. The number of rotatable bonds is 3. The summed E-state index contributed by atoms with van der Waals surface area (Å²) in [6.45, 7) is 5.43. The van der Waals surface area contributed by atoms with Crippen molar-refractivity contribution in [2.75, 3.05) is 6.54 Å². The highest BCUT2D eigenvalue weighted by atomic mass is 16.2. The molecule has 0 aromatic carbocycles. The van der Waals surface area contributed by atoms with E-state index in [4.69, 9.17) is 0 Å². The Balaban J connectivity index is 1.95. The van der Waals surface area contributed by atoms with Crippen molar-refractivity contribution in [1.29, 1.82) is 0 Å². The minimum absolute atomic E-state index is 0.0445. The SMILES string of the molecule is CCC1(C(=O)NC2CCCNC2C)CCCC1. The van der Waals surface area contributed by atoms with Gasteiger partial charge in [-0.2, -0.15) is 0 Å². The van der Waals surface area contributed by atoms with Crippen LogP contribution in [0.5, 0.6) is 0 Å². The van der Waals surface area contributed by atoms with Crippen LogP contribution >= 0.6 is 0 Å². The van der Waals surface area contributed by atoms with Crippen LogP contribution in [0.3, 0.4) is 0 Å². The van der Waals surface area contributed by atoms with E-state index in [1.54, 1.807) is 0 Å². The molecule has 1 heterocycles. The molecule has 2 aliphatic rings. The predicted octanol–water partition coefficient (Wildman–Crippen LogP) is 2.21. The van der Waals surface area contributed by atoms with Gasteiger partial charge in [-0.25, -0.2) is 0 Å². The van der Waals surface area contributed by atoms with Gasteiger partial charge in [0, 0.05) is 17.5 Å². The molecule has 2 fully saturated rings. The molecule has 3 heteroatoms. The van der Waals surface area contributed by atoms with Crippen LogP contribution in [0.15, 0.2) is 0 Å². The molecule has 2 N–H and O–H groups in total. The van der Waals surface area contributed by atoms with Gasteiger partial charge in [-0.1, -0.05) is 19.8 Å². The second-order valence-corrected chi connectivity index (χ2v) is 5.81. The highest BCUT2D eigenvalue weighted by Gasteiger charge is 2.40. The Morgan fingerprint density at radius 3 is 2.65 bits per heavy atom. The van der Waals surface area contributed by atoms with Crippen LogP contribution in [0.25, 0.3) is 0 Å². The standard InChI is InChI=1S/C14H26N2O/c1-3-14(8-4-5-9-14)13(17)16-12-7-6-10-15-11(12)2/h11-12,15H,3-10H2,1-2H3,(H,16,17). The second kappa shape index (κ2) is 5.38. The molecular weight excluding hydrogens is 212 g/mol. The number of piperidine rings is 1. The molecule has 2 rings (SSSR count). The highest BCUT2D eigenvalue weighted by Crippen LogP contribution is 2.41. The predicted molar refractivity (Wildman–Crippen MR) is 69.8 cm³/mol. The van der Waals surface area contributed by atoms with Gasteiger partial charge in [-0.3, -0.25) is 4.79 Å². The van der Waals surface area contributed by atoms with Gasteiger partial charge in [0.1, 0.15) is 0 Å². The molecule has 0 radical (unpaired) electrons. The first kappa shape index (κ1) is 12.9. The van der Waals surface area contributed by atoms with Gasteiger partial charge in [0.15, 0.2) is 0 Å². The smallest absolute Gasteiger partial charge is 0.226 e. The summed E-state index contributed by atoms with van der Waals surface area (Å²) in [6, 6.07) is 0.753. The molecule has 1 aliphatic heterocycles. The molecule has 98 valence electrons. The molecule has 0 aromatic rings. The average molecular weight is 238 g/mol. The van der Waals surface area contributed by atoms with Crippen molar-refractivity contribution in [2.45, 2.75) is 70.9 Å². The van der Waals surface area contributed by atoms with Gasteiger partial charge in [0.25, 0.3) is 0 Å². The molecule has 1 saturated carbocycles. The van der Waals surface area contributed by atoms with Crippen LogP contribution in [0.4, 0.5) is 0 Å². The maximum atomic E-state index is 12.5. The fraction of sp³-hybridized carbons (Fsp3) is 0.929. The summed E-state index contributed by atoms with van der Waals surface area (Å²) < 4.78 is 0. The van der Waals surface area contributed by atoms with E-state index in [-0.39, 0.29) is 5.41 Å². The Labute approximate surface area is 105 Å². The van der Waals surface area contributed by atoms with Crippen molar-refractivity contribution < 1.29 is 4.79 Å². The van der Waals surface area contributed by atoms with E-state index in [0.29, 0.717) is 18.0 Å². The first-order chi connectivity index (χ1) is 8.18. The van der Waals surface area contributed by atoms with E-state index in [2.05, 4.69) is 24.5 Å². The second-order valence-electron chi connectivity index (χ2n) is 5.81. The van der Waals surface area contributed by atoms with Crippen molar-refractivity contribution in [2.24, 2.45) is 5.41 Å². The number of hydrogen-bond donors (Lipinski definition) is 2.